The number of hydrogen-bond acceptors (Lipinski definition) is 6. The molecular formula is C21H34N2O6S. The van der Waals surface area contributed by atoms with Crippen molar-refractivity contribution in [3.05, 3.63) is 55.9 Å². The summed E-state index contributed by atoms with van der Waals surface area (Å²) in [7, 11) is 0. The van der Waals surface area contributed by atoms with Crippen molar-refractivity contribution in [2.24, 2.45) is 0 Å². The lowest BCUT2D eigenvalue weighted by molar-refractivity contribution is -0.428. The minimum atomic E-state index is -0.755. The van der Waals surface area contributed by atoms with Crippen molar-refractivity contribution in [1.82, 2.24) is 0 Å². The third-order valence-electron chi connectivity index (χ3n) is 4.32. The number of carbonyl (C=O) groups is 1. The van der Waals surface area contributed by atoms with Crippen LogP contribution in [-0.4, -0.2) is 32.4 Å². The van der Waals surface area contributed by atoms with Crippen LogP contribution in [0, 0.1) is 20.2 Å². The second-order valence-electron chi connectivity index (χ2n) is 6.85. The molecule has 0 aromatic rings. The van der Waals surface area contributed by atoms with Gasteiger partial charge >= 0.3 is 5.97 Å². The van der Waals surface area contributed by atoms with E-state index < -0.39 is 10.9 Å². The first kappa shape index (κ1) is 27.8. The minimum Gasteiger partial charge on any atom is -0.481 e. The van der Waals surface area contributed by atoms with Crippen molar-refractivity contribution in [3.8, 4) is 0 Å². The smallest absolute Gasteiger partial charge is 0.304 e. The van der Waals surface area contributed by atoms with Crippen LogP contribution in [0.5, 0.6) is 0 Å². The Hall–Kier alpha value is -2.16. The third kappa shape index (κ3) is 16.8. The molecule has 0 aliphatic heterocycles. The summed E-state index contributed by atoms with van der Waals surface area (Å²) in [5, 5.41) is 30.5. The zero-order valence-corrected chi connectivity index (χ0v) is 18.6. The molecule has 9 heteroatoms. The van der Waals surface area contributed by atoms with Gasteiger partial charge in [-0.25, -0.2) is 0 Å². The molecule has 0 rings (SSSR count). The largest absolute Gasteiger partial charge is 0.481 e. The molecule has 0 saturated carbocycles. The fraction of sp³-hybridized carbons (Fsp3) is 0.667. The van der Waals surface area contributed by atoms with Gasteiger partial charge < -0.3 is 5.11 Å². The van der Waals surface area contributed by atoms with Gasteiger partial charge in [-0.1, -0.05) is 44.8 Å². The fourth-order valence-electron chi connectivity index (χ4n) is 2.72. The highest BCUT2D eigenvalue weighted by molar-refractivity contribution is 7.99. The van der Waals surface area contributed by atoms with Gasteiger partial charge in [0, 0.05) is 12.2 Å². The molecule has 0 spiro atoms. The molecule has 0 fully saturated rings. The van der Waals surface area contributed by atoms with E-state index in [1.807, 2.05) is 6.92 Å². The number of carboxylic acids is 1. The summed E-state index contributed by atoms with van der Waals surface area (Å²) in [6.45, 7) is 1.84. The monoisotopic (exact) mass is 442 g/mol. The lowest BCUT2D eigenvalue weighted by atomic mass is 10.1. The highest BCUT2D eigenvalue weighted by Gasteiger charge is 2.09. The Kier molecular flexibility index (Phi) is 17.5. The summed E-state index contributed by atoms with van der Waals surface area (Å²) < 4.78 is 0. The molecular weight excluding hydrogens is 408 g/mol. The Labute approximate surface area is 182 Å². The zero-order valence-electron chi connectivity index (χ0n) is 17.8. The second kappa shape index (κ2) is 18.8. The molecule has 0 unspecified atom stereocenters. The molecule has 0 aromatic carbocycles. The quantitative estimate of drug-likeness (QED) is 0.113. The maximum absolute atomic E-state index is 11.2. The summed E-state index contributed by atoms with van der Waals surface area (Å²) in [5.74, 6) is 0.883. The standard InChI is InChI=1S/C21H34N2O6S/c1-2-12-19(22(26)27)13-9-7-10-15-20(23(28)29)14-8-5-3-4-6-11-17-30-18-16-21(24)25/h7,9,12,15H,2-6,8,10-11,13-14,16-18H2,1H3,(H,24,25). The highest BCUT2D eigenvalue weighted by Crippen LogP contribution is 2.15. The zero-order chi connectivity index (χ0) is 22.6. The number of rotatable bonds is 19. The molecule has 0 radical (unpaired) electrons. The first-order chi connectivity index (χ1) is 14.4. The van der Waals surface area contributed by atoms with Gasteiger partial charge in [0.05, 0.1) is 22.7 Å². The number of thioether (sulfide) groups is 1. The summed E-state index contributed by atoms with van der Waals surface area (Å²) in [5.41, 5.74) is 0.346. The van der Waals surface area contributed by atoms with E-state index >= 15 is 0 Å². The Balaban J connectivity index is 3.95. The number of carboxylic acid groups (broad SMARTS) is 1. The second-order valence-corrected chi connectivity index (χ2v) is 8.08. The molecule has 30 heavy (non-hydrogen) atoms. The van der Waals surface area contributed by atoms with Crippen molar-refractivity contribution >= 4 is 17.7 Å². The first-order valence-electron chi connectivity index (χ1n) is 10.5. The molecule has 170 valence electrons. The van der Waals surface area contributed by atoms with Crippen molar-refractivity contribution in [1.29, 1.82) is 0 Å². The van der Waals surface area contributed by atoms with Crippen LogP contribution in [-0.2, 0) is 4.79 Å². The average molecular weight is 443 g/mol. The normalized spacial score (nSPS) is 12.4. The van der Waals surface area contributed by atoms with E-state index in [4.69, 9.17) is 5.11 Å². The van der Waals surface area contributed by atoms with E-state index in [0.29, 0.717) is 25.0 Å². The van der Waals surface area contributed by atoms with Crippen LogP contribution < -0.4 is 0 Å². The van der Waals surface area contributed by atoms with Crippen molar-refractivity contribution in [2.45, 2.75) is 77.6 Å². The predicted molar refractivity (Wildman–Crippen MR) is 121 cm³/mol. The first-order valence-corrected chi connectivity index (χ1v) is 11.6. The Morgan fingerprint density at radius 1 is 0.867 bits per heavy atom. The number of nitro groups is 2. The Bertz CT molecular complexity index is 617. The Morgan fingerprint density at radius 2 is 1.50 bits per heavy atom. The fourth-order valence-corrected chi connectivity index (χ4v) is 3.65. The van der Waals surface area contributed by atoms with Gasteiger partial charge in [-0.15, -0.1) is 0 Å². The van der Waals surface area contributed by atoms with Gasteiger partial charge in [-0.05, 0) is 43.6 Å². The molecule has 0 bridgehead atoms. The van der Waals surface area contributed by atoms with Crippen LogP contribution >= 0.6 is 11.8 Å². The van der Waals surface area contributed by atoms with Crippen molar-refractivity contribution in [3.63, 3.8) is 0 Å². The third-order valence-corrected chi connectivity index (χ3v) is 5.39. The molecule has 0 amide bonds. The van der Waals surface area contributed by atoms with Crippen LogP contribution in [0.3, 0.4) is 0 Å². The molecule has 8 nitrogen and oxygen atoms in total. The molecule has 0 aliphatic rings. The van der Waals surface area contributed by atoms with Gasteiger partial charge in [-0.3, -0.25) is 25.0 Å². The predicted octanol–water partition coefficient (Wildman–Crippen LogP) is 5.99. The van der Waals surface area contributed by atoms with E-state index in [-0.39, 0.29) is 29.2 Å². The van der Waals surface area contributed by atoms with Crippen LogP contribution in [0.25, 0.3) is 0 Å². The van der Waals surface area contributed by atoms with E-state index in [2.05, 4.69) is 0 Å². The molecule has 0 aliphatic carbocycles. The van der Waals surface area contributed by atoms with Crippen molar-refractivity contribution < 1.29 is 19.7 Å². The van der Waals surface area contributed by atoms with Crippen molar-refractivity contribution in [2.75, 3.05) is 11.5 Å². The maximum atomic E-state index is 11.2. The maximum Gasteiger partial charge on any atom is 0.304 e. The van der Waals surface area contributed by atoms with Crippen LogP contribution in [0.2, 0.25) is 0 Å². The molecule has 0 heterocycles. The number of unbranched alkanes of at least 4 members (excludes halogenated alkanes) is 5. The Morgan fingerprint density at radius 3 is 2.10 bits per heavy atom. The molecule has 0 aromatic heterocycles. The van der Waals surface area contributed by atoms with Gasteiger partial charge in [0.1, 0.15) is 0 Å². The van der Waals surface area contributed by atoms with E-state index in [0.717, 1.165) is 44.3 Å². The van der Waals surface area contributed by atoms with Crippen LogP contribution in [0.15, 0.2) is 35.7 Å². The molecule has 0 saturated heterocycles. The number of nitrogens with zero attached hydrogens (tertiary/aromatic N) is 2. The summed E-state index contributed by atoms with van der Waals surface area (Å²) in [6.07, 6.45) is 14.4. The minimum absolute atomic E-state index is 0.145. The average Bonchev–Trinajstić information content (AvgIpc) is 2.68. The van der Waals surface area contributed by atoms with E-state index in [1.165, 1.54) is 0 Å². The van der Waals surface area contributed by atoms with Gasteiger partial charge in [0.2, 0.25) is 11.4 Å². The number of hydrogen-bond donors (Lipinski definition) is 1. The molecule has 1 N–H and O–H groups in total. The lowest BCUT2D eigenvalue weighted by Gasteiger charge is -2.02. The van der Waals surface area contributed by atoms with Gasteiger partial charge in [-0.2, -0.15) is 11.8 Å². The molecule has 0 atom stereocenters. The van der Waals surface area contributed by atoms with Crippen LogP contribution in [0.4, 0.5) is 0 Å². The lowest BCUT2D eigenvalue weighted by Crippen LogP contribution is -1.99. The summed E-state index contributed by atoms with van der Waals surface area (Å²) in [4.78, 5) is 31.6. The summed E-state index contributed by atoms with van der Waals surface area (Å²) >= 11 is 1.67. The topological polar surface area (TPSA) is 124 Å². The van der Waals surface area contributed by atoms with E-state index in [1.54, 1.807) is 36.1 Å². The van der Waals surface area contributed by atoms with Crippen LogP contribution in [0.1, 0.15) is 77.6 Å². The number of aliphatic carboxylic acids is 1. The van der Waals surface area contributed by atoms with Gasteiger partial charge in [0.15, 0.2) is 0 Å². The van der Waals surface area contributed by atoms with E-state index in [9.17, 15) is 25.0 Å². The number of allylic oxidation sites excluding steroid dienone is 5. The highest BCUT2D eigenvalue weighted by atomic mass is 32.2. The SMILES string of the molecule is CCC=C(CC=CCC=C(CCCCCCCCSCCC(=O)O)[N+](=O)[O-])[N+](=O)[O-]. The summed E-state index contributed by atoms with van der Waals surface area (Å²) in [6, 6.07) is 0. The van der Waals surface area contributed by atoms with Gasteiger partial charge in [0.25, 0.3) is 0 Å².